The fraction of sp³-hybridized carbons (Fsp3) is 0.909. The number of rotatable bonds is 6. The SMILES string of the molecule is CC(C)CCNC(C#N)CC(C)C. The summed E-state index contributed by atoms with van der Waals surface area (Å²) in [5.41, 5.74) is 0. The van der Waals surface area contributed by atoms with Gasteiger partial charge in [0.2, 0.25) is 0 Å². The summed E-state index contributed by atoms with van der Waals surface area (Å²) < 4.78 is 0. The summed E-state index contributed by atoms with van der Waals surface area (Å²) in [7, 11) is 0. The standard InChI is InChI=1S/C11H22N2/c1-9(2)5-6-13-11(8-12)7-10(3)4/h9-11,13H,5-7H2,1-4H3. The third kappa shape index (κ3) is 7.80. The maximum Gasteiger partial charge on any atom is 0.0955 e. The van der Waals surface area contributed by atoms with Gasteiger partial charge in [0.1, 0.15) is 0 Å². The highest BCUT2D eigenvalue weighted by molar-refractivity contribution is 4.89. The van der Waals surface area contributed by atoms with Crippen LogP contribution in [-0.4, -0.2) is 12.6 Å². The van der Waals surface area contributed by atoms with Crippen LogP contribution in [0.2, 0.25) is 0 Å². The lowest BCUT2D eigenvalue weighted by Gasteiger charge is -2.14. The van der Waals surface area contributed by atoms with Crippen LogP contribution in [0.25, 0.3) is 0 Å². The molecule has 0 aromatic rings. The molecule has 0 heterocycles. The number of hydrogen-bond donors (Lipinski definition) is 1. The van der Waals surface area contributed by atoms with E-state index in [-0.39, 0.29) is 6.04 Å². The van der Waals surface area contributed by atoms with Crippen molar-refractivity contribution in [2.45, 2.75) is 46.6 Å². The molecule has 0 aromatic heterocycles. The molecule has 13 heavy (non-hydrogen) atoms. The van der Waals surface area contributed by atoms with E-state index in [1.807, 2.05) is 0 Å². The van der Waals surface area contributed by atoms with Gasteiger partial charge in [-0.2, -0.15) is 5.26 Å². The zero-order valence-electron chi connectivity index (χ0n) is 9.30. The Morgan fingerprint density at radius 3 is 2.15 bits per heavy atom. The first kappa shape index (κ1) is 12.4. The fourth-order valence-electron chi connectivity index (χ4n) is 1.20. The van der Waals surface area contributed by atoms with Crippen LogP contribution >= 0.6 is 0 Å². The van der Waals surface area contributed by atoms with Crippen molar-refractivity contribution in [2.24, 2.45) is 11.8 Å². The van der Waals surface area contributed by atoms with Crippen molar-refractivity contribution < 1.29 is 0 Å². The van der Waals surface area contributed by atoms with Gasteiger partial charge in [-0.15, -0.1) is 0 Å². The molecule has 0 aliphatic heterocycles. The Labute approximate surface area is 82.3 Å². The van der Waals surface area contributed by atoms with E-state index in [0.29, 0.717) is 11.8 Å². The van der Waals surface area contributed by atoms with Crippen LogP contribution in [0.3, 0.4) is 0 Å². The molecular formula is C11H22N2. The van der Waals surface area contributed by atoms with Gasteiger partial charge in [0.25, 0.3) is 0 Å². The molecule has 0 radical (unpaired) electrons. The molecule has 0 bridgehead atoms. The Balaban J connectivity index is 3.56. The van der Waals surface area contributed by atoms with Gasteiger partial charge in [-0.25, -0.2) is 0 Å². The zero-order chi connectivity index (χ0) is 10.3. The minimum absolute atomic E-state index is 0.0405. The van der Waals surface area contributed by atoms with Gasteiger partial charge in [0, 0.05) is 0 Å². The molecule has 0 saturated heterocycles. The Kier molecular flexibility index (Phi) is 6.62. The van der Waals surface area contributed by atoms with Gasteiger partial charge < -0.3 is 5.32 Å². The second-order valence-corrected chi connectivity index (χ2v) is 4.45. The molecule has 76 valence electrons. The highest BCUT2D eigenvalue weighted by Crippen LogP contribution is 2.04. The largest absolute Gasteiger partial charge is 0.302 e. The lowest BCUT2D eigenvalue weighted by molar-refractivity contribution is 0.453. The summed E-state index contributed by atoms with van der Waals surface area (Å²) in [5, 5.41) is 12.1. The van der Waals surface area contributed by atoms with E-state index in [9.17, 15) is 0 Å². The van der Waals surface area contributed by atoms with Crippen molar-refractivity contribution in [1.29, 1.82) is 5.26 Å². The lowest BCUT2D eigenvalue weighted by atomic mass is 10.0. The monoisotopic (exact) mass is 182 g/mol. The van der Waals surface area contributed by atoms with E-state index in [4.69, 9.17) is 5.26 Å². The Morgan fingerprint density at radius 2 is 1.77 bits per heavy atom. The van der Waals surface area contributed by atoms with Crippen LogP contribution in [0.1, 0.15) is 40.5 Å². The van der Waals surface area contributed by atoms with E-state index < -0.39 is 0 Å². The van der Waals surface area contributed by atoms with E-state index >= 15 is 0 Å². The molecule has 0 aromatic carbocycles. The molecule has 0 spiro atoms. The third-order valence-corrected chi connectivity index (χ3v) is 1.98. The number of hydrogen-bond acceptors (Lipinski definition) is 2. The predicted octanol–water partition coefficient (Wildman–Crippen LogP) is 2.56. The molecule has 1 N–H and O–H groups in total. The minimum atomic E-state index is 0.0405. The van der Waals surface area contributed by atoms with Crippen LogP contribution in [0.4, 0.5) is 0 Å². The van der Waals surface area contributed by atoms with Crippen molar-refractivity contribution in [3.05, 3.63) is 0 Å². The average Bonchev–Trinajstić information content (AvgIpc) is 2.01. The Bertz CT molecular complexity index is 156. The summed E-state index contributed by atoms with van der Waals surface area (Å²) in [6.07, 6.45) is 2.10. The molecule has 2 heteroatoms. The number of nitrogens with one attached hydrogen (secondary N) is 1. The van der Waals surface area contributed by atoms with Crippen LogP contribution in [-0.2, 0) is 0 Å². The van der Waals surface area contributed by atoms with Crippen molar-refractivity contribution in [3.63, 3.8) is 0 Å². The summed E-state index contributed by atoms with van der Waals surface area (Å²) in [6, 6.07) is 2.34. The highest BCUT2D eigenvalue weighted by atomic mass is 14.9. The van der Waals surface area contributed by atoms with Crippen LogP contribution < -0.4 is 5.32 Å². The van der Waals surface area contributed by atoms with Crippen LogP contribution in [0, 0.1) is 23.2 Å². The van der Waals surface area contributed by atoms with E-state index in [1.165, 1.54) is 0 Å². The van der Waals surface area contributed by atoms with E-state index in [0.717, 1.165) is 19.4 Å². The molecule has 2 nitrogen and oxygen atoms in total. The normalized spacial score (nSPS) is 13.3. The Morgan fingerprint density at radius 1 is 1.15 bits per heavy atom. The minimum Gasteiger partial charge on any atom is -0.302 e. The fourth-order valence-corrected chi connectivity index (χ4v) is 1.20. The summed E-state index contributed by atoms with van der Waals surface area (Å²) in [6.45, 7) is 9.66. The molecule has 1 atom stereocenters. The topological polar surface area (TPSA) is 35.8 Å². The third-order valence-electron chi connectivity index (χ3n) is 1.98. The molecule has 0 saturated carbocycles. The van der Waals surface area contributed by atoms with E-state index in [2.05, 4.69) is 39.1 Å². The predicted molar refractivity (Wildman–Crippen MR) is 56.3 cm³/mol. The molecule has 0 fully saturated rings. The van der Waals surface area contributed by atoms with Crippen molar-refractivity contribution in [2.75, 3.05) is 6.54 Å². The second-order valence-electron chi connectivity index (χ2n) is 4.45. The maximum atomic E-state index is 8.83. The molecule has 0 rings (SSSR count). The quantitative estimate of drug-likeness (QED) is 0.685. The maximum absolute atomic E-state index is 8.83. The number of nitrogens with zero attached hydrogens (tertiary/aromatic N) is 1. The Hall–Kier alpha value is -0.550. The van der Waals surface area contributed by atoms with Gasteiger partial charge in [-0.3, -0.25) is 0 Å². The van der Waals surface area contributed by atoms with Gasteiger partial charge in [0.05, 0.1) is 12.1 Å². The van der Waals surface area contributed by atoms with Gasteiger partial charge in [-0.05, 0) is 31.2 Å². The molecule has 1 unspecified atom stereocenters. The van der Waals surface area contributed by atoms with Gasteiger partial charge in [-0.1, -0.05) is 27.7 Å². The number of nitriles is 1. The summed E-state index contributed by atoms with van der Waals surface area (Å²) >= 11 is 0. The first-order valence-corrected chi connectivity index (χ1v) is 5.19. The van der Waals surface area contributed by atoms with Gasteiger partial charge in [0.15, 0.2) is 0 Å². The summed E-state index contributed by atoms with van der Waals surface area (Å²) in [4.78, 5) is 0. The summed E-state index contributed by atoms with van der Waals surface area (Å²) in [5.74, 6) is 1.31. The van der Waals surface area contributed by atoms with Gasteiger partial charge >= 0.3 is 0 Å². The highest BCUT2D eigenvalue weighted by Gasteiger charge is 2.08. The van der Waals surface area contributed by atoms with E-state index in [1.54, 1.807) is 0 Å². The first-order chi connectivity index (χ1) is 6.06. The molecule has 0 aliphatic rings. The van der Waals surface area contributed by atoms with Crippen molar-refractivity contribution in [3.8, 4) is 6.07 Å². The van der Waals surface area contributed by atoms with Crippen molar-refractivity contribution in [1.82, 2.24) is 5.32 Å². The second kappa shape index (κ2) is 6.91. The van der Waals surface area contributed by atoms with Crippen LogP contribution in [0.5, 0.6) is 0 Å². The first-order valence-electron chi connectivity index (χ1n) is 5.19. The smallest absolute Gasteiger partial charge is 0.0955 e. The van der Waals surface area contributed by atoms with Crippen molar-refractivity contribution >= 4 is 0 Å². The molecular weight excluding hydrogens is 160 g/mol. The zero-order valence-corrected chi connectivity index (χ0v) is 9.30. The molecule has 0 aliphatic carbocycles. The lowest BCUT2D eigenvalue weighted by Crippen LogP contribution is -2.30. The average molecular weight is 182 g/mol. The molecule has 0 amide bonds. The van der Waals surface area contributed by atoms with Crippen LogP contribution in [0.15, 0.2) is 0 Å².